The number of hydrogen-bond donors (Lipinski definition) is 2. The van der Waals surface area contributed by atoms with Gasteiger partial charge in [-0.25, -0.2) is 4.98 Å². The Labute approximate surface area is 172 Å². The van der Waals surface area contributed by atoms with Crippen LogP contribution in [-0.2, 0) is 13.0 Å². The second kappa shape index (κ2) is 8.18. The molecule has 0 spiro atoms. The van der Waals surface area contributed by atoms with Gasteiger partial charge in [0.05, 0.1) is 10.2 Å². The molecule has 0 saturated carbocycles. The lowest BCUT2D eigenvalue weighted by Gasteiger charge is -2.14. The number of alkyl halides is 3. The van der Waals surface area contributed by atoms with Crippen molar-refractivity contribution in [2.45, 2.75) is 32.3 Å². The molecule has 0 fully saturated rings. The Morgan fingerprint density at radius 1 is 1.36 bits per heavy atom. The number of anilines is 1. The largest absolute Gasteiger partial charge is 0.573 e. The van der Waals surface area contributed by atoms with Crippen LogP contribution in [-0.4, -0.2) is 17.4 Å². The Hall–Kier alpha value is -1.97. The average molecular weight is 479 g/mol. The van der Waals surface area contributed by atoms with E-state index in [2.05, 4.69) is 31.0 Å². The van der Waals surface area contributed by atoms with E-state index < -0.39 is 6.36 Å². The Balaban J connectivity index is 1.91. The number of aromatic nitrogens is 1. The van der Waals surface area contributed by atoms with Gasteiger partial charge >= 0.3 is 6.36 Å². The van der Waals surface area contributed by atoms with Gasteiger partial charge in [-0.05, 0) is 28.9 Å². The smallest absolute Gasteiger partial charge is 0.456 e. The van der Waals surface area contributed by atoms with E-state index in [0.717, 1.165) is 0 Å². The molecule has 0 bridgehead atoms. The molecule has 150 valence electrons. The number of rotatable bonds is 6. The van der Waals surface area contributed by atoms with E-state index >= 15 is 0 Å². The number of fused-ring (bicyclic) bond motifs is 1. The van der Waals surface area contributed by atoms with E-state index in [1.807, 2.05) is 6.92 Å². The summed E-state index contributed by atoms with van der Waals surface area (Å²) in [6.07, 6.45) is -4.29. The molecule has 0 aliphatic carbocycles. The third-order valence-electron chi connectivity index (χ3n) is 3.79. The molecule has 1 atom stereocenters. The summed E-state index contributed by atoms with van der Waals surface area (Å²) in [7, 11) is 0. The maximum Gasteiger partial charge on any atom is 0.573 e. The first-order chi connectivity index (χ1) is 13.1. The molecule has 3 rings (SSSR count). The van der Waals surface area contributed by atoms with Crippen LogP contribution in [0.5, 0.6) is 5.75 Å². The van der Waals surface area contributed by atoms with Crippen molar-refractivity contribution in [3.05, 3.63) is 51.3 Å². The van der Waals surface area contributed by atoms with Gasteiger partial charge in [-0.2, -0.15) is 0 Å². The number of nitrogens with two attached hydrogens (primary N) is 1. The van der Waals surface area contributed by atoms with Crippen molar-refractivity contribution in [1.29, 1.82) is 0 Å². The minimum Gasteiger partial charge on any atom is -0.456 e. The molecule has 3 aromatic rings. The van der Waals surface area contributed by atoms with Crippen molar-refractivity contribution in [2.75, 3.05) is 5.32 Å². The molecule has 0 amide bonds. The molecule has 28 heavy (non-hydrogen) atoms. The number of nitrogens with zero attached hydrogens (tertiary/aromatic N) is 1. The highest BCUT2D eigenvalue weighted by Gasteiger charge is 2.32. The monoisotopic (exact) mass is 477 g/mol. The first kappa shape index (κ1) is 20.8. The van der Waals surface area contributed by atoms with Crippen molar-refractivity contribution in [3.63, 3.8) is 0 Å². The zero-order valence-corrected chi connectivity index (χ0v) is 17.0. The summed E-state index contributed by atoms with van der Waals surface area (Å²) in [5.74, 6) is 0.334. The van der Waals surface area contributed by atoms with Gasteiger partial charge in [0.25, 0.3) is 0 Å². The highest BCUT2D eigenvalue weighted by atomic mass is 79.9. The second-order valence-electron chi connectivity index (χ2n) is 6.20. The first-order valence-electron chi connectivity index (χ1n) is 8.24. The minimum atomic E-state index is -4.77. The number of para-hydroxylation sites is 1. The first-order valence-corrected chi connectivity index (χ1v) is 9.41. The molecule has 0 unspecified atom stereocenters. The quantitative estimate of drug-likeness (QED) is 0.448. The molecule has 0 aliphatic heterocycles. The van der Waals surface area contributed by atoms with Crippen molar-refractivity contribution < 1.29 is 22.3 Å². The Morgan fingerprint density at radius 3 is 2.75 bits per heavy atom. The third kappa shape index (κ3) is 4.89. The van der Waals surface area contributed by atoms with Crippen LogP contribution in [0.3, 0.4) is 0 Å². The second-order valence-corrected chi connectivity index (χ2v) is 7.38. The summed E-state index contributed by atoms with van der Waals surface area (Å²) in [5, 5.41) is 3.26. The fourth-order valence-electron chi connectivity index (χ4n) is 2.67. The topological polar surface area (TPSA) is 73.3 Å². The summed E-state index contributed by atoms with van der Waals surface area (Å²) < 4.78 is 48.4. The van der Waals surface area contributed by atoms with Crippen LogP contribution < -0.4 is 15.8 Å². The number of hydrogen-bond acceptors (Lipinski definition) is 5. The van der Waals surface area contributed by atoms with E-state index in [-0.39, 0.29) is 23.5 Å². The molecule has 2 heterocycles. The predicted molar refractivity (Wildman–Crippen MR) is 105 cm³/mol. The summed E-state index contributed by atoms with van der Waals surface area (Å²) in [6, 6.07) is 7.30. The van der Waals surface area contributed by atoms with Crippen LogP contribution in [0.1, 0.15) is 18.2 Å². The molecular weight excluding hydrogens is 463 g/mol. The Bertz CT molecular complexity index is 992. The van der Waals surface area contributed by atoms with Gasteiger partial charge in [0.2, 0.25) is 0 Å². The van der Waals surface area contributed by atoms with Crippen molar-refractivity contribution in [3.8, 4) is 5.75 Å². The number of benzene rings is 1. The van der Waals surface area contributed by atoms with E-state index in [1.165, 1.54) is 18.2 Å². The molecule has 0 aliphatic rings. The van der Waals surface area contributed by atoms with Crippen LogP contribution in [0.15, 0.2) is 39.2 Å². The summed E-state index contributed by atoms with van der Waals surface area (Å²) in [6.45, 7) is 1.90. The van der Waals surface area contributed by atoms with E-state index in [9.17, 15) is 13.2 Å². The van der Waals surface area contributed by atoms with Crippen LogP contribution in [0.25, 0.3) is 11.1 Å². The maximum absolute atomic E-state index is 12.6. The zero-order chi connectivity index (χ0) is 20.5. The molecular formula is C18H16BrClF3N3O2. The molecule has 1 aromatic carbocycles. The van der Waals surface area contributed by atoms with Crippen molar-refractivity contribution >= 4 is 44.3 Å². The van der Waals surface area contributed by atoms with Crippen molar-refractivity contribution in [1.82, 2.24) is 4.98 Å². The summed E-state index contributed by atoms with van der Waals surface area (Å²) in [5.41, 5.74) is 7.59. The fourth-order valence-corrected chi connectivity index (χ4v) is 3.38. The van der Waals surface area contributed by atoms with Gasteiger partial charge < -0.3 is 20.2 Å². The zero-order valence-electron chi connectivity index (χ0n) is 14.6. The van der Waals surface area contributed by atoms with E-state index in [0.29, 0.717) is 39.0 Å². The number of halogens is 5. The normalized spacial score (nSPS) is 13.0. The van der Waals surface area contributed by atoms with E-state index in [4.69, 9.17) is 21.8 Å². The predicted octanol–water partition coefficient (Wildman–Crippen LogP) is 5.64. The Kier molecular flexibility index (Phi) is 6.07. The van der Waals surface area contributed by atoms with Crippen LogP contribution in [0, 0.1) is 0 Å². The van der Waals surface area contributed by atoms with Crippen LogP contribution in [0.2, 0.25) is 5.15 Å². The van der Waals surface area contributed by atoms with Gasteiger partial charge in [0, 0.05) is 30.6 Å². The summed E-state index contributed by atoms with van der Waals surface area (Å²) in [4.78, 5) is 4.26. The van der Waals surface area contributed by atoms with Gasteiger partial charge in [0.15, 0.2) is 5.58 Å². The molecule has 5 nitrogen and oxygen atoms in total. The molecule has 0 saturated heterocycles. The number of furan rings is 1. The fraction of sp³-hybridized carbons (Fsp3) is 0.278. The van der Waals surface area contributed by atoms with Gasteiger partial charge in [-0.3, -0.25) is 0 Å². The van der Waals surface area contributed by atoms with Gasteiger partial charge in [0.1, 0.15) is 22.2 Å². The standard InChI is InChI=1S/C18H16BrClF3N3O2/c1-9(24)6-13-15(19)16-17(27-13)11(7-14(20)26-16)25-8-10-4-2-3-5-12(10)28-18(21,22)23/h2-5,7,9H,6,8,24H2,1H3,(H,25,26)/t9-/m0/s1. The minimum absolute atomic E-state index is 0.0582. The highest BCUT2D eigenvalue weighted by molar-refractivity contribution is 9.10. The third-order valence-corrected chi connectivity index (χ3v) is 4.81. The molecule has 0 radical (unpaired) electrons. The summed E-state index contributed by atoms with van der Waals surface area (Å²) >= 11 is 9.55. The van der Waals surface area contributed by atoms with Crippen LogP contribution in [0.4, 0.5) is 18.9 Å². The lowest BCUT2D eigenvalue weighted by molar-refractivity contribution is -0.274. The molecule has 2 aromatic heterocycles. The average Bonchev–Trinajstić information content (AvgIpc) is 2.88. The Morgan fingerprint density at radius 2 is 2.07 bits per heavy atom. The van der Waals surface area contributed by atoms with E-state index in [1.54, 1.807) is 12.1 Å². The highest BCUT2D eigenvalue weighted by Crippen LogP contribution is 2.36. The maximum atomic E-state index is 12.6. The van der Waals surface area contributed by atoms with Crippen molar-refractivity contribution in [2.24, 2.45) is 5.73 Å². The number of ether oxygens (including phenoxy) is 1. The number of pyridine rings is 1. The van der Waals surface area contributed by atoms with Crippen LogP contribution >= 0.6 is 27.5 Å². The van der Waals surface area contributed by atoms with Gasteiger partial charge in [-0.15, -0.1) is 13.2 Å². The lowest BCUT2D eigenvalue weighted by Crippen LogP contribution is -2.18. The van der Waals surface area contributed by atoms with Gasteiger partial charge in [-0.1, -0.05) is 29.8 Å². The SMILES string of the molecule is C[C@H](N)Cc1oc2c(NCc3ccccc3OC(F)(F)F)cc(Cl)nc2c1Br. The lowest BCUT2D eigenvalue weighted by atomic mass is 10.2. The molecule has 10 heteroatoms. The molecule has 3 N–H and O–H groups in total. The number of nitrogens with one attached hydrogen (secondary N) is 1.